The van der Waals surface area contributed by atoms with Crippen molar-refractivity contribution in [2.24, 2.45) is 0 Å². The Hall–Kier alpha value is -1.51. The van der Waals surface area contributed by atoms with Gasteiger partial charge in [0.2, 0.25) is 0 Å². The number of rotatable bonds is 2. The van der Waals surface area contributed by atoms with Crippen molar-refractivity contribution < 1.29 is 9.47 Å². The van der Waals surface area contributed by atoms with E-state index >= 15 is 0 Å². The molecule has 0 saturated carbocycles. The molecule has 0 radical (unpaired) electrons. The molecule has 2 aliphatic rings. The predicted molar refractivity (Wildman–Crippen MR) is 96.6 cm³/mol. The highest BCUT2D eigenvalue weighted by Gasteiger charge is 2.61. The van der Waals surface area contributed by atoms with E-state index in [1.165, 1.54) is 30.5 Å². The zero-order valence-electron chi connectivity index (χ0n) is 12.5. The van der Waals surface area contributed by atoms with Crippen molar-refractivity contribution >= 4 is 15.5 Å². The molecule has 0 aromatic heterocycles. The maximum atomic E-state index is 6.65. The maximum Gasteiger partial charge on any atom is 0.570 e. The van der Waals surface area contributed by atoms with Gasteiger partial charge < -0.3 is 9.47 Å². The van der Waals surface area contributed by atoms with Gasteiger partial charge in [0, 0.05) is 19.7 Å². The summed E-state index contributed by atoms with van der Waals surface area (Å²) < 4.78 is 6.65. The highest BCUT2D eigenvalue weighted by molar-refractivity contribution is 6.41. The highest BCUT2D eigenvalue weighted by atomic mass is 16.5. The van der Waals surface area contributed by atoms with Crippen LogP contribution < -0.4 is 4.81 Å². The van der Waals surface area contributed by atoms with Gasteiger partial charge >= 0.3 is 7.05 Å². The number of hydrogen-bond acceptors (Lipinski definition) is 1. The van der Waals surface area contributed by atoms with Gasteiger partial charge in [-0.1, -0.05) is 69.1 Å². The molecule has 0 aliphatic carbocycles. The minimum Gasteiger partial charge on any atom is -0.373 e. The maximum absolute atomic E-state index is 6.65. The summed E-state index contributed by atoms with van der Waals surface area (Å²) in [6, 6.07) is 22.1. The van der Waals surface area contributed by atoms with Crippen LogP contribution in [-0.2, 0) is 10.3 Å². The van der Waals surface area contributed by atoms with E-state index in [4.69, 9.17) is 4.65 Å². The largest absolute Gasteiger partial charge is 0.570 e. The van der Waals surface area contributed by atoms with Crippen LogP contribution >= 0.6 is 0 Å². The summed E-state index contributed by atoms with van der Waals surface area (Å²) in [5.74, 6) is 0. The average Bonchev–Trinajstić information content (AvgIpc) is 3.13. The molecule has 22 heavy (non-hydrogen) atoms. The molecule has 2 saturated heterocycles. The molecule has 0 spiro atoms. The second-order valence-electron chi connectivity index (χ2n) is 6.25. The van der Waals surface area contributed by atoms with E-state index in [9.17, 15) is 0 Å². The summed E-state index contributed by atoms with van der Waals surface area (Å²) >= 11 is 0. The van der Waals surface area contributed by atoms with E-state index in [0.29, 0.717) is 6.04 Å². The number of fused-ring (bicyclic) bond motifs is 1. The number of benzene rings is 2. The molecule has 4 rings (SSSR count). The fraction of sp³-hybridized carbons (Fsp3) is 0.333. The quantitative estimate of drug-likeness (QED) is 0.804. The van der Waals surface area contributed by atoms with Crippen molar-refractivity contribution in [2.75, 3.05) is 6.54 Å². The summed E-state index contributed by atoms with van der Waals surface area (Å²) in [4.78, 5) is 1.61. The van der Waals surface area contributed by atoms with Crippen LogP contribution in [0.5, 0.6) is 0 Å². The van der Waals surface area contributed by atoms with Gasteiger partial charge in [0.15, 0.2) is 5.60 Å². The zero-order valence-corrected chi connectivity index (χ0v) is 12.5. The Labute approximate surface area is 135 Å². The SMILES string of the molecule is CB1OC(c2ccccc2)(c2ccccc2)C2CCC[NH+]12.[BH4-]. The Bertz CT molecular complexity index is 580. The lowest BCUT2D eigenvalue weighted by Gasteiger charge is -2.33. The molecule has 1 N–H and O–H groups in total. The van der Waals surface area contributed by atoms with Gasteiger partial charge in [-0.2, -0.15) is 0 Å². The molecule has 2 unspecified atom stereocenters. The first-order valence-corrected chi connectivity index (χ1v) is 7.97. The Morgan fingerprint density at radius 2 is 1.55 bits per heavy atom. The summed E-state index contributed by atoms with van der Waals surface area (Å²) in [5.41, 5.74) is 2.31. The predicted octanol–water partition coefficient (Wildman–Crippen LogP) is 0.674. The van der Waals surface area contributed by atoms with Crippen LogP contribution in [0.4, 0.5) is 0 Å². The van der Waals surface area contributed by atoms with Gasteiger partial charge in [-0.05, 0) is 11.1 Å². The topological polar surface area (TPSA) is 13.7 Å². The molecule has 2 nitrogen and oxygen atoms in total. The van der Waals surface area contributed by atoms with Crippen molar-refractivity contribution in [3.63, 3.8) is 0 Å². The van der Waals surface area contributed by atoms with Crippen LogP contribution in [0.15, 0.2) is 60.7 Å². The molecule has 2 aliphatic heterocycles. The lowest BCUT2D eigenvalue weighted by molar-refractivity contribution is -0.800. The van der Waals surface area contributed by atoms with Gasteiger partial charge in [0.1, 0.15) is 6.04 Å². The Morgan fingerprint density at radius 1 is 1.00 bits per heavy atom. The molecule has 2 atom stereocenters. The first-order chi connectivity index (χ1) is 10.3. The molecule has 114 valence electrons. The molecular weight excluding hydrogens is 268 g/mol. The van der Waals surface area contributed by atoms with Crippen LogP contribution in [0.3, 0.4) is 0 Å². The van der Waals surface area contributed by atoms with Crippen molar-refractivity contribution in [1.29, 1.82) is 0 Å². The van der Waals surface area contributed by atoms with Gasteiger partial charge in [0.25, 0.3) is 0 Å². The molecule has 0 amide bonds. The van der Waals surface area contributed by atoms with Crippen LogP contribution in [0, 0.1) is 0 Å². The van der Waals surface area contributed by atoms with E-state index in [1.54, 1.807) is 4.81 Å². The molecule has 4 heteroatoms. The van der Waals surface area contributed by atoms with Gasteiger partial charge in [0.05, 0.1) is 6.54 Å². The first-order valence-electron chi connectivity index (χ1n) is 7.97. The fourth-order valence-corrected chi connectivity index (χ4v) is 4.33. The van der Waals surface area contributed by atoms with E-state index in [1.807, 2.05) is 0 Å². The lowest BCUT2D eigenvalue weighted by atomic mass is 9.79. The summed E-state index contributed by atoms with van der Waals surface area (Å²) in [6.45, 7) is 3.45. The lowest BCUT2D eigenvalue weighted by Crippen LogP contribution is -3.17. The fourth-order valence-electron chi connectivity index (χ4n) is 4.33. The highest BCUT2D eigenvalue weighted by Crippen LogP contribution is 2.41. The Balaban J connectivity index is 0.00000144. The minimum atomic E-state index is -0.284. The number of nitrogens with one attached hydrogen (secondary N) is 1. The second-order valence-corrected chi connectivity index (χ2v) is 6.25. The van der Waals surface area contributed by atoms with Crippen LogP contribution in [0.2, 0.25) is 6.82 Å². The van der Waals surface area contributed by atoms with Crippen molar-refractivity contribution in [2.45, 2.75) is 31.3 Å². The average molecular weight is 293 g/mol. The number of hydrogen-bond donors (Lipinski definition) is 1. The van der Waals surface area contributed by atoms with Crippen molar-refractivity contribution in [1.82, 2.24) is 0 Å². The van der Waals surface area contributed by atoms with Crippen molar-refractivity contribution in [3.05, 3.63) is 71.8 Å². The monoisotopic (exact) mass is 293 g/mol. The first kappa shape index (κ1) is 15.4. The van der Waals surface area contributed by atoms with Gasteiger partial charge in [-0.15, -0.1) is 0 Å². The van der Waals surface area contributed by atoms with Crippen LogP contribution in [0.25, 0.3) is 0 Å². The van der Waals surface area contributed by atoms with Crippen LogP contribution in [-0.4, -0.2) is 28.1 Å². The zero-order chi connectivity index (χ0) is 14.3. The summed E-state index contributed by atoms with van der Waals surface area (Å²) in [5, 5.41) is 0. The van der Waals surface area contributed by atoms with Crippen LogP contribution in [0.1, 0.15) is 24.0 Å². The summed E-state index contributed by atoms with van der Waals surface area (Å²) in [6.07, 6.45) is 2.54. The van der Waals surface area contributed by atoms with Crippen molar-refractivity contribution in [3.8, 4) is 0 Å². The molecular formula is C18H25B2NO. The summed E-state index contributed by atoms with van der Waals surface area (Å²) in [7, 11) is 0.262. The normalized spacial score (nSPS) is 25.6. The molecule has 0 bridgehead atoms. The Kier molecular flexibility index (Phi) is 4.16. The third-order valence-electron chi connectivity index (χ3n) is 5.19. The van der Waals surface area contributed by atoms with E-state index < -0.39 is 0 Å². The molecule has 2 fully saturated rings. The Morgan fingerprint density at radius 3 is 2.09 bits per heavy atom. The molecule has 2 heterocycles. The number of quaternary nitrogens is 1. The third-order valence-corrected chi connectivity index (χ3v) is 5.19. The van der Waals surface area contributed by atoms with E-state index in [-0.39, 0.29) is 21.1 Å². The third kappa shape index (κ3) is 2.13. The second kappa shape index (κ2) is 5.94. The standard InChI is InChI=1S/C18H20BNO.BH4/c1-19-20-14-8-13-17(20)18(21-19,15-9-4-2-5-10-15)16-11-6-3-7-12-16;/h2-7,9-12,17H,8,13-14H2,1H3;1H4/q;-1/p+1. The molecule has 2 aromatic carbocycles. The van der Waals surface area contributed by atoms with Gasteiger partial charge in [-0.3, -0.25) is 0 Å². The molecule has 2 aromatic rings. The minimum absolute atomic E-state index is 0. The smallest absolute Gasteiger partial charge is 0.373 e. The van der Waals surface area contributed by atoms with E-state index in [2.05, 4.69) is 67.5 Å². The van der Waals surface area contributed by atoms with E-state index in [0.717, 1.165) is 0 Å². The van der Waals surface area contributed by atoms with Gasteiger partial charge in [-0.25, -0.2) is 0 Å².